The molecule has 1 aromatic carbocycles. The van der Waals surface area contributed by atoms with Crippen molar-refractivity contribution in [1.29, 1.82) is 0 Å². The molecule has 1 saturated heterocycles. The van der Waals surface area contributed by atoms with Gasteiger partial charge in [-0.15, -0.1) is 0 Å². The van der Waals surface area contributed by atoms with Crippen molar-refractivity contribution in [3.05, 3.63) is 35.9 Å². The molecule has 118 valence electrons. The molecule has 3 atom stereocenters. The van der Waals surface area contributed by atoms with E-state index in [1.807, 2.05) is 25.1 Å². The van der Waals surface area contributed by atoms with Crippen LogP contribution in [0.25, 0.3) is 0 Å². The van der Waals surface area contributed by atoms with Crippen LogP contribution >= 0.6 is 11.8 Å². The fraction of sp³-hybridized carbons (Fsp3) is 0.647. The Labute approximate surface area is 132 Å². The van der Waals surface area contributed by atoms with Gasteiger partial charge in [0.05, 0.1) is 18.8 Å². The number of thioether (sulfide) groups is 1. The van der Waals surface area contributed by atoms with Crippen LogP contribution in [0.3, 0.4) is 0 Å². The van der Waals surface area contributed by atoms with Gasteiger partial charge in [0.15, 0.2) is 0 Å². The molecule has 2 rings (SSSR count). The predicted molar refractivity (Wildman–Crippen MR) is 89.8 cm³/mol. The highest BCUT2D eigenvalue weighted by Crippen LogP contribution is 2.24. The summed E-state index contributed by atoms with van der Waals surface area (Å²) in [4.78, 5) is 0. The average Bonchev–Trinajstić information content (AvgIpc) is 2.54. The first-order chi connectivity index (χ1) is 10.3. The van der Waals surface area contributed by atoms with Gasteiger partial charge in [0.25, 0.3) is 0 Å². The van der Waals surface area contributed by atoms with Gasteiger partial charge in [-0.25, -0.2) is 0 Å². The van der Waals surface area contributed by atoms with Crippen LogP contribution in [-0.4, -0.2) is 41.9 Å². The minimum Gasteiger partial charge on any atom is -0.389 e. The highest BCUT2D eigenvalue weighted by atomic mass is 32.2. The topological polar surface area (TPSA) is 41.5 Å². The number of hydrogen-bond acceptors (Lipinski definition) is 4. The lowest BCUT2D eigenvalue weighted by molar-refractivity contribution is -0.00194. The summed E-state index contributed by atoms with van der Waals surface area (Å²) in [5.41, 5.74) is 1.15. The highest BCUT2D eigenvalue weighted by molar-refractivity contribution is 7.99. The van der Waals surface area contributed by atoms with E-state index in [1.54, 1.807) is 0 Å². The summed E-state index contributed by atoms with van der Waals surface area (Å²) in [5, 5.41) is 14.1. The second-order valence-corrected chi connectivity index (χ2v) is 7.10. The normalized spacial score (nSPS) is 21.9. The standard InChI is InChI=1S/C17H27NO2S/c1-14(15-7-3-2-4-8-15)20-13-16(19)11-18-12-17-9-5-6-10-21-17/h2-4,7-8,14,16-19H,5-6,9-13H2,1H3. The minimum atomic E-state index is -0.440. The van der Waals surface area contributed by atoms with E-state index in [0.717, 1.165) is 17.4 Å². The van der Waals surface area contributed by atoms with Crippen molar-refractivity contribution in [3.63, 3.8) is 0 Å². The fourth-order valence-electron chi connectivity index (χ4n) is 2.51. The maximum absolute atomic E-state index is 9.98. The first kappa shape index (κ1) is 16.8. The molecule has 3 nitrogen and oxygen atoms in total. The van der Waals surface area contributed by atoms with Gasteiger partial charge in [0, 0.05) is 18.3 Å². The summed E-state index contributed by atoms with van der Waals surface area (Å²) in [6.07, 6.45) is 3.59. The number of aliphatic hydroxyl groups is 1. The number of rotatable bonds is 8. The number of benzene rings is 1. The number of aliphatic hydroxyl groups excluding tert-OH is 1. The molecule has 2 N–H and O–H groups in total. The van der Waals surface area contributed by atoms with Crippen molar-refractivity contribution >= 4 is 11.8 Å². The molecule has 1 aliphatic rings. The van der Waals surface area contributed by atoms with E-state index in [1.165, 1.54) is 25.0 Å². The summed E-state index contributed by atoms with van der Waals surface area (Å²) in [5.74, 6) is 1.28. The molecular formula is C17H27NO2S. The highest BCUT2D eigenvalue weighted by Gasteiger charge is 2.14. The van der Waals surface area contributed by atoms with Gasteiger partial charge in [-0.2, -0.15) is 11.8 Å². The van der Waals surface area contributed by atoms with Crippen molar-refractivity contribution < 1.29 is 9.84 Å². The van der Waals surface area contributed by atoms with E-state index in [4.69, 9.17) is 4.74 Å². The average molecular weight is 309 g/mol. The van der Waals surface area contributed by atoms with Crippen molar-refractivity contribution in [2.75, 3.05) is 25.4 Å². The molecule has 0 amide bonds. The summed E-state index contributed by atoms with van der Waals surface area (Å²) in [6, 6.07) is 10.1. The van der Waals surface area contributed by atoms with Crippen LogP contribution in [0.4, 0.5) is 0 Å². The molecule has 0 radical (unpaired) electrons. The van der Waals surface area contributed by atoms with Gasteiger partial charge in [-0.3, -0.25) is 0 Å². The van der Waals surface area contributed by atoms with E-state index in [0.29, 0.717) is 13.2 Å². The summed E-state index contributed by atoms with van der Waals surface area (Å²) >= 11 is 2.06. The Morgan fingerprint density at radius 3 is 2.86 bits per heavy atom. The zero-order chi connectivity index (χ0) is 14.9. The summed E-state index contributed by atoms with van der Waals surface area (Å²) in [7, 11) is 0. The van der Waals surface area contributed by atoms with Gasteiger partial charge < -0.3 is 15.2 Å². The second kappa shape index (κ2) is 9.46. The van der Waals surface area contributed by atoms with Crippen LogP contribution in [-0.2, 0) is 4.74 Å². The Bertz CT molecular complexity index is 382. The molecule has 0 bridgehead atoms. The maximum atomic E-state index is 9.98. The maximum Gasteiger partial charge on any atom is 0.0897 e. The van der Waals surface area contributed by atoms with Crippen LogP contribution in [0.2, 0.25) is 0 Å². The molecule has 21 heavy (non-hydrogen) atoms. The molecule has 0 saturated carbocycles. The first-order valence-corrected chi connectivity index (χ1v) is 8.97. The van der Waals surface area contributed by atoms with Gasteiger partial charge in [-0.1, -0.05) is 36.8 Å². The van der Waals surface area contributed by atoms with Crippen LogP contribution in [0, 0.1) is 0 Å². The molecule has 1 aliphatic heterocycles. The Morgan fingerprint density at radius 2 is 2.14 bits per heavy atom. The van der Waals surface area contributed by atoms with E-state index < -0.39 is 6.10 Å². The summed E-state index contributed by atoms with van der Waals surface area (Å²) in [6.45, 7) is 4.00. The molecule has 0 spiro atoms. The molecule has 4 heteroatoms. The SMILES string of the molecule is CC(OCC(O)CNCC1CCCCS1)c1ccccc1. The van der Waals surface area contributed by atoms with Crippen LogP contribution in [0.1, 0.15) is 37.9 Å². The molecule has 0 aromatic heterocycles. The first-order valence-electron chi connectivity index (χ1n) is 7.92. The van der Waals surface area contributed by atoms with E-state index in [2.05, 4.69) is 29.2 Å². The minimum absolute atomic E-state index is 0.0229. The third-order valence-electron chi connectivity index (χ3n) is 3.83. The van der Waals surface area contributed by atoms with Gasteiger partial charge in [0.2, 0.25) is 0 Å². The molecule has 1 heterocycles. The largest absolute Gasteiger partial charge is 0.389 e. The third-order valence-corrected chi connectivity index (χ3v) is 5.23. The van der Waals surface area contributed by atoms with E-state index in [-0.39, 0.29) is 6.10 Å². The van der Waals surface area contributed by atoms with Crippen molar-refractivity contribution in [2.45, 2.75) is 43.6 Å². The lowest BCUT2D eigenvalue weighted by atomic mass is 10.1. The fourth-order valence-corrected chi connectivity index (χ4v) is 3.79. The Hall–Kier alpha value is -0.550. The quantitative estimate of drug-likeness (QED) is 0.774. The smallest absolute Gasteiger partial charge is 0.0897 e. The molecule has 0 aliphatic carbocycles. The van der Waals surface area contributed by atoms with Crippen molar-refractivity contribution in [1.82, 2.24) is 5.32 Å². The Kier molecular flexibility index (Phi) is 7.58. The monoisotopic (exact) mass is 309 g/mol. The molecule has 1 aromatic rings. The van der Waals surface area contributed by atoms with Gasteiger partial charge in [0.1, 0.15) is 0 Å². The number of ether oxygens (including phenoxy) is 1. The van der Waals surface area contributed by atoms with Crippen LogP contribution in [0.5, 0.6) is 0 Å². The molecule has 3 unspecified atom stereocenters. The third kappa shape index (κ3) is 6.39. The van der Waals surface area contributed by atoms with Gasteiger partial charge in [-0.05, 0) is 31.1 Å². The molecule has 1 fully saturated rings. The second-order valence-electron chi connectivity index (χ2n) is 5.69. The van der Waals surface area contributed by atoms with Crippen LogP contribution < -0.4 is 5.32 Å². The van der Waals surface area contributed by atoms with Crippen molar-refractivity contribution in [2.24, 2.45) is 0 Å². The lowest BCUT2D eigenvalue weighted by Crippen LogP contribution is -2.35. The lowest BCUT2D eigenvalue weighted by Gasteiger charge is -2.22. The summed E-state index contributed by atoms with van der Waals surface area (Å²) < 4.78 is 5.74. The Morgan fingerprint density at radius 1 is 1.33 bits per heavy atom. The molecular weight excluding hydrogens is 282 g/mol. The zero-order valence-electron chi connectivity index (χ0n) is 12.8. The van der Waals surface area contributed by atoms with Gasteiger partial charge >= 0.3 is 0 Å². The number of nitrogens with one attached hydrogen (secondary N) is 1. The number of hydrogen-bond donors (Lipinski definition) is 2. The zero-order valence-corrected chi connectivity index (χ0v) is 13.6. The Balaban J connectivity index is 1.57. The van der Waals surface area contributed by atoms with Crippen LogP contribution in [0.15, 0.2) is 30.3 Å². The van der Waals surface area contributed by atoms with E-state index in [9.17, 15) is 5.11 Å². The van der Waals surface area contributed by atoms with Crippen molar-refractivity contribution in [3.8, 4) is 0 Å². The predicted octanol–water partition coefficient (Wildman–Crippen LogP) is 3.00. The van der Waals surface area contributed by atoms with E-state index >= 15 is 0 Å².